The van der Waals surface area contributed by atoms with Crippen molar-refractivity contribution in [2.24, 2.45) is 0 Å². The SMILES string of the molecule is Cl.c1ccc(-c2n[nH]c3c2CNCC3)cc1. The number of rotatable bonds is 1. The van der Waals surface area contributed by atoms with Crippen molar-refractivity contribution in [1.82, 2.24) is 15.5 Å². The number of hydrogen-bond acceptors (Lipinski definition) is 2. The van der Waals surface area contributed by atoms with Gasteiger partial charge in [0.2, 0.25) is 0 Å². The molecule has 1 aromatic carbocycles. The van der Waals surface area contributed by atoms with Gasteiger partial charge in [0, 0.05) is 36.3 Å². The maximum Gasteiger partial charge on any atom is 0.0968 e. The highest BCUT2D eigenvalue weighted by Crippen LogP contribution is 2.25. The van der Waals surface area contributed by atoms with Crippen LogP contribution in [0.15, 0.2) is 30.3 Å². The molecule has 0 saturated carbocycles. The molecule has 2 aromatic rings. The molecule has 0 unspecified atom stereocenters. The summed E-state index contributed by atoms with van der Waals surface area (Å²) in [6, 6.07) is 10.3. The van der Waals surface area contributed by atoms with E-state index < -0.39 is 0 Å². The minimum Gasteiger partial charge on any atom is -0.312 e. The van der Waals surface area contributed by atoms with Gasteiger partial charge in [0.15, 0.2) is 0 Å². The van der Waals surface area contributed by atoms with Crippen molar-refractivity contribution >= 4 is 12.4 Å². The van der Waals surface area contributed by atoms with Gasteiger partial charge in [-0.05, 0) is 0 Å². The van der Waals surface area contributed by atoms with Gasteiger partial charge in [-0.2, -0.15) is 5.10 Å². The van der Waals surface area contributed by atoms with Crippen LogP contribution < -0.4 is 5.32 Å². The molecule has 0 bridgehead atoms. The number of aromatic amines is 1. The first-order valence-electron chi connectivity index (χ1n) is 5.27. The third-order valence-corrected chi connectivity index (χ3v) is 2.85. The van der Waals surface area contributed by atoms with Crippen molar-refractivity contribution in [1.29, 1.82) is 0 Å². The molecule has 0 spiro atoms. The summed E-state index contributed by atoms with van der Waals surface area (Å²) in [6.07, 6.45) is 1.05. The summed E-state index contributed by atoms with van der Waals surface area (Å²) >= 11 is 0. The van der Waals surface area contributed by atoms with E-state index in [1.54, 1.807) is 0 Å². The van der Waals surface area contributed by atoms with Crippen LogP contribution in [0.4, 0.5) is 0 Å². The highest BCUT2D eigenvalue weighted by Gasteiger charge is 2.16. The van der Waals surface area contributed by atoms with Crippen LogP contribution >= 0.6 is 12.4 Å². The van der Waals surface area contributed by atoms with Crippen LogP contribution in [0.25, 0.3) is 11.3 Å². The summed E-state index contributed by atoms with van der Waals surface area (Å²) in [5.41, 5.74) is 4.90. The zero-order chi connectivity index (χ0) is 10.1. The fourth-order valence-corrected chi connectivity index (χ4v) is 2.06. The Balaban J connectivity index is 0.000000963. The lowest BCUT2D eigenvalue weighted by Gasteiger charge is -2.12. The van der Waals surface area contributed by atoms with Gasteiger partial charge in [0.05, 0.1) is 5.69 Å². The molecule has 84 valence electrons. The van der Waals surface area contributed by atoms with Gasteiger partial charge in [-0.25, -0.2) is 0 Å². The van der Waals surface area contributed by atoms with E-state index in [9.17, 15) is 0 Å². The zero-order valence-corrected chi connectivity index (χ0v) is 9.68. The van der Waals surface area contributed by atoms with E-state index in [1.165, 1.54) is 16.8 Å². The lowest BCUT2D eigenvalue weighted by Crippen LogP contribution is -2.23. The smallest absolute Gasteiger partial charge is 0.0968 e. The maximum absolute atomic E-state index is 4.40. The van der Waals surface area contributed by atoms with Crippen molar-refractivity contribution < 1.29 is 0 Å². The predicted molar refractivity (Wildman–Crippen MR) is 66.7 cm³/mol. The quantitative estimate of drug-likeness (QED) is 0.795. The number of halogens is 1. The van der Waals surface area contributed by atoms with Gasteiger partial charge in [0.25, 0.3) is 0 Å². The molecular weight excluding hydrogens is 222 g/mol. The standard InChI is InChI=1S/C12H13N3.ClH/c1-2-4-9(5-3-1)12-10-8-13-7-6-11(10)14-15-12;/h1-5,13H,6-8H2,(H,14,15);1H. The average Bonchev–Trinajstić information content (AvgIpc) is 2.74. The Morgan fingerprint density at radius 2 is 1.94 bits per heavy atom. The van der Waals surface area contributed by atoms with Crippen LogP contribution in [0.3, 0.4) is 0 Å². The summed E-state index contributed by atoms with van der Waals surface area (Å²) in [5.74, 6) is 0. The van der Waals surface area contributed by atoms with Crippen molar-refractivity contribution in [3.63, 3.8) is 0 Å². The Morgan fingerprint density at radius 1 is 1.12 bits per heavy atom. The number of nitrogens with one attached hydrogen (secondary N) is 2. The number of H-pyrrole nitrogens is 1. The lowest BCUT2D eigenvalue weighted by molar-refractivity contribution is 0.637. The molecule has 3 rings (SSSR count). The Hall–Kier alpha value is -1.32. The van der Waals surface area contributed by atoms with Crippen LogP contribution in [0.1, 0.15) is 11.3 Å². The first kappa shape index (κ1) is 11.2. The summed E-state index contributed by atoms with van der Waals surface area (Å²) in [4.78, 5) is 0. The number of hydrogen-bond donors (Lipinski definition) is 2. The molecule has 1 aromatic heterocycles. The second-order valence-corrected chi connectivity index (χ2v) is 3.82. The Labute approximate surface area is 101 Å². The van der Waals surface area contributed by atoms with Crippen LogP contribution in [-0.4, -0.2) is 16.7 Å². The van der Waals surface area contributed by atoms with Gasteiger partial charge in [-0.15, -0.1) is 12.4 Å². The van der Waals surface area contributed by atoms with E-state index in [0.717, 1.165) is 25.2 Å². The second-order valence-electron chi connectivity index (χ2n) is 3.82. The van der Waals surface area contributed by atoms with Crippen LogP contribution in [0, 0.1) is 0 Å². The molecule has 0 radical (unpaired) electrons. The zero-order valence-electron chi connectivity index (χ0n) is 8.86. The fourth-order valence-electron chi connectivity index (χ4n) is 2.06. The topological polar surface area (TPSA) is 40.7 Å². The van der Waals surface area contributed by atoms with E-state index in [4.69, 9.17) is 0 Å². The molecule has 16 heavy (non-hydrogen) atoms. The van der Waals surface area contributed by atoms with Gasteiger partial charge in [-0.3, -0.25) is 5.10 Å². The van der Waals surface area contributed by atoms with E-state index in [0.29, 0.717) is 0 Å². The molecule has 0 atom stereocenters. The Bertz CT molecular complexity index is 464. The van der Waals surface area contributed by atoms with Gasteiger partial charge in [0.1, 0.15) is 0 Å². The predicted octanol–water partition coefficient (Wildman–Crippen LogP) is 2.14. The van der Waals surface area contributed by atoms with Crippen molar-refractivity contribution in [2.45, 2.75) is 13.0 Å². The summed E-state index contributed by atoms with van der Waals surface area (Å²) < 4.78 is 0. The normalized spacial score (nSPS) is 14.0. The minimum absolute atomic E-state index is 0. The summed E-state index contributed by atoms with van der Waals surface area (Å²) in [7, 11) is 0. The number of aromatic nitrogens is 2. The van der Waals surface area contributed by atoms with Crippen LogP contribution in [-0.2, 0) is 13.0 Å². The molecule has 0 saturated heterocycles. The highest BCUT2D eigenvalue weighted by molar-refractivity contribution is 5.85. The second kappa shape index (κ2) is 4.68. The first-order chi connectivity index (χ1) is 7.45. The third-order valence-electron chi connectivity index (χ3n) is 2.85. The lowest BCUT2D eigenvalue weighted by atomic mass is 10.0. The summed E-state index contributed by atoms with van der Waals surface area (Å²) in [5, 5.41) is 10.9. The molecule has 2 heterocycles. The molecule has 4 heteroatoms. The van der Waals surface area contributed by atoms with Crippen molar-refractivity contribution in [3.05, 3.63) is 41.6 Å². The molecular formula is C12H14ClN3. The van der Waals surface area contributed by atoms with Crippen molar-refractivity contribution in [2.75, 3.05) is 6.54 Å². The Morgan fingerprint density at radius 3 is 2.75 bits per heavy atom. The summed E-state index contributed by atoms with van der Waals surface area (Å²) in [6.45, 7) is 1.97. The molecule has 1 aliphatic rings. The molecule has 1 aliphatic heterocycles. The molecule has 0 amide bonds. The highest BCUT2D eigenvalue weighted by atomic mass is 35.5. The van der Waals surface area contributed by atoms with Crippen molar-refractivity contribution in [3.8, 4) is 11.3 Å². The van der Waals surface area contributed by atoms with E-state index in [2.05, 4.69) is 27.6 Å². The number of fused-ring (bicyclic) bond motifs is 1. The number of nitrogens with zero attached hydrogens (tertiary/aromatic N) is 1. The molecule has 3 nitrogen and oxygen atoms in total. The molecule has 0 fully saturated rings. The molecule has 0 aliphatic carbocycles. The van der Waals surface area contributed by atoms with E-state index >= 15 is 0 Å². The van der Waals surface area contributed by atoms with E-state index in [-0.39, 0.29) is 12.4 Å². The van der Waals surface area contributed by atoms with Gasteiger partial charge < -0.3 is 5.32 Å². The minimum atomic E-state index is 0. The average molecular weight is 236 g/mol. The first-order valence-corrected chi connectivity index (χ1v) is 5.27. The van der Waals surface area contributed by atoms with Crippen LogP contribution in [0.5, 0.6) is 0 Å². The number of benzene rings is 1. The Kier molecular flexibility index (Phi) is 3.27. The maximum atomic E-state index is 4.40. The fraction of sp³-hybridized carbons (Fsp3) is 0.250. The molecule has 2 N–H and O–H groups in total. The monoisotopic (exact) mass is 235 g/mol. The van der Waals surface area contributed by atoms with E-state index in [1.807, 2.05) is 18.2 Å². The van der Waals surface area contributed by atoms with Crippen LogP contribution in [0.2, 0.25) is 0 Å². The van der Waals surface area contributed by atoms with Gasteiger partial charge in [-0.1, -0.05) is 30.3 Å². The van der Waals surface area contributed by atoms with Gasteiger partial charge >= 0.3 is 0 Å². The third kappa shape index (κ3) is 1.84. The largest absolute Gasteiger partial charge is 0.312 e.